The highest BCUT2D eigenvalue weighted by atomic mass is 79.9. The van der Waals surface area contributed by atoms with Crippen molar-refractivity contribution in [2.45, 2.75) is 25.8 Å². The van der Waals surface area contributed by atoms with Gasteiger partial charge in [0.25, 0.3) is 0 Å². The van der Waals surface area contributed by atoms with Crippen LogP contribution in [0.2, 0.25) is 10.0 Å². The van der Waals surface area contributed by atoms with Crippen LogP contribution in [-0.2, 0) is 6.42 Å². The number of nitrogens with zero attached hydrogens (tertiary/aromatic N) is 1. The standard InChI is InChI=1S/C15H15BrCl2N2O/c1-2-10(19)3-9-4-11(8-20-7-9)21-15-6-13(17)12(16)5-14(15)18/h4-8,10H,2-3,19H2,1H3. The summed E-state index contributed by atoms with van der Waals surface area (Å²) < 4.78 is 6.48. The molecule has 112 valence electrons. The molecule has 3 nitrogen and oxygen atoms in total. The molecule has 21 heavy (non-hydrogen) atoms. The summed E-state index contributed by atoms with van der Waals surface area (Å²) in [7, 11) is 0. The molecule has 2 rings (SSSR count). The van der Waals surface area contributed by atoms with Gasteiger partial charge in [0.05, 0.1) is 16.2 Å². The lowest BCUT2D eigenvalue weighted by Crippen LogP contribution is -2.21. The molecule has 2 N–H and O–H groups in total. The minimum absolute atomic E-state index is 0.118. The van der Waals surface area contributed by atoms with Crippen LogP contribution < -0.4 is 10.5 Å². The third kappa shape index (κ3) is 4.58. The predicted octanol–water partition coefficient (Wildman–Crippen LogP) is 5.22. The molecule has 2 aromatic rings. The average molecular weight is 390 g/mol. The highest BCUT2D eigenvalue weighted by Crippen LogP contribution is 2.36. The summed E-state index contributed by atoms with van der Waals surface area (Å²) in [4.78, 5) is 4.17. The van der Waals surface area contributed by atoms with Crippen molar-refractivity contribution in [2.75, 3.05) is 0 Å². The van der Waals surface area contributed by atoms with Crippen molar-refractivity contribution in [3.05, 3.63) is 50.7 Å². The third-order valence-electron chi connectivity index (χ3n) is 2.99. The number of halogens is 3. The van der Waals surface area contributed by atoms with Gasteiger partial charge in [-0.3, -0.25) is 4.98 Å². The molecule has 1 aromatic heterocycles. The van der Waals surface area contributed by atoms with Crippen LogP contribution in [0.15, 0.2) is 35.1 Å². The maximum absolute atomic E-state index is 6.14. The fourth-order valence-corrected chi connectivity index (χ4v) is 2.62. The first-order valence-corrected chi connectivity index (χ1v) is 8.06. The van der Waals surface area contributed by atoms with Crippen LogP contribution in [0.4, 0.5) is 0 Å². The molecule has 0 aliphatic rings. The lowest BCUT2D eigenvalue weighted by Gasteiger charge is -2.11. The van der Waals surface area contributed by atoms with E-state index < -0.39 is 0 Å². The van der Waals surface area contributed by atoms with Gasteiger partial charge >= 0.3 is 0 Å². The van der Waals surface area contributed by atoms with Crippen molar-refractivity contribution in [3.63, 3.8) is 0 Å². The molecule has 1 atom stereocenters. The second kappa shape index (κ2) is 7.45. The molecule has 0 saturated carbocycles. The van der Waals surface area contributed by atoms with Gasteiger partial charge in [0.15, 0.2) is 0 Å². The molecular formula is C15H15BrCl2N2O. The first kappa shape index (κ1) is 16.6. The monoisotopic (exact) mass is 388 g/mol. The van der Waals surface area contributed by atoms with Gasteiger partial charge in [-0.1, -0.05) is 30.1 Å². The predicted molar refractivity (Wildman–Crippen MR) is 90.4 cm³/mol. The van der Waals surface area contributed by atoms with E-state index in [4.69, 9.17) is 33.7 Å². The molecular weight excluding hydrogens is 375 g/mol. The number of nitrogens with two attached hydrogens (primary N) is 1. The first-order valence-electron chi connectivity index (χ1n) is 6.51. The van der Waals surface area contributed by atoms with Crippen LogP contribution in [0, 0.1) is 0 Å². The van der Waals surface area contributed by atoms with Crippen molar-refractivity contribution in [3.8, 4) is 11.5 Å². The highest BCUT2D eigenvalue weighted by molar-refractivity contribution is 9.10. The highest BCUT2D eigenvalue weighted by Gasteiger charge is 2.09. The van der Waals surface area contributed by atoms with E-state index in [-0.39, 0.29) is 6.04 Å². The van der Waals surface area contributed by atoms with Crippen LogP contribution in [-0.4, -0.2) is 11.0 Å². The smallest absolute Gasteiger partial charge is 0.147 e. The largest absolute Gasteiger partial charge is 0.454 e. The Hall–Kier alpha value is -0.810. The molecule has 0 radical (unpaired) electrons. The number of rotatable bonds is 5. The molecule has 6 heteroatoms. The van der Waals surface area contributed by atoms with Crippen LogP contribution in [0.25, 0.3) is 0 Å². The van der Waals surface area contributed by atoms with E-state index in [9.17, 15) is 0 Å². The van der Waals surface area contributed by atoms with Crippen molar-refractivity contribution >= 4 is 39.1 Å². The molecule has 0 fully saturated rings. The molecule has 1 unspecified atom stereocenters. The van der Waals surface area contributed by atoms with E-state index in [1.165, 1.54) is 0 Å². The minimum atomic E-state index is 0.118. The van der Waals surface area contributed by atoms with Gasteiger partial charge in [-0.2, -0.15) is 0 Å². The third-order valence-corrected chi connectivity index (χ3v) is 4.49. The molecule has 0 bridgehead atoms. The van der Waals surface area contributed by atoms with Gasteiger partial charge in [-0.05, 0) is 46.5 Å². The topological polar surface area (TPSA) is 48.1 Å². The van der Waals surface area contributed by atoms with Crippen LogP contribution in [0.3, 0.4) is 0 Å². The minimum Gasteiger partial charge on any atom is -0.454 e. The van der Waals surface area contributed by atoms with Crippen LogP contribution in [0.5, 0.6) is 11.5 Å². The number of ether oxygens (including phenoxy) is 1. The Morgan fingerprint density at radius 2 is 2.00 bits per heavy atom. The Morgan fingerprint density at radius 3 is 2.71 bits per heavy atom. The van der Waals surface area contributed by atoms with Crippen molar-refractivity contribution in [1.29, 1.82) is 0 Å². The number of benzene rings is 1. The van der Waals surface area contributed by atoms with E-state index in [0.717, 1.165) is 22.9 Å². The molecule has 0 amide bonds. The molecule has 0 spiro atoms. The first-order chi connectivity index (χ1) is 9.99. The van der Waals surface area contributed by atoms with Crippen molar-refractivity contribution in [2.24, 2.45) is 5.73 Å². The van der Waals surface area contributed by atoms with E-state index in [0.29, 0.717) is 21.5 Å². The number of aromatic nitrogens is 1. The van der Waals surface area contributed by atoms with Crippen LogP contribution >= 0.6 is 39.1 Å². The quantitative estimate of drug-likeness (QED) is 0.712. The summed E-state index contributed by atoms with van der Waals surface area (Å²) in [6.45, 7) is 2.06. The van der Waals surface area contributed by atoms with Gasteiger partial charge in [-0.25, -0.2) is 0 Å². The Kier molecular flexibility index (Phi) is 5.88. The second-order valence-electron chi connectivity index (χ2n) is 4.70. The maximum atomic E-state index is 6.14. The zero-order valence-electron chi connectivity index (χ0n) is 11.4. The number of hydrogen-bond acceptors (Lipinski definition) is 3. The van der Waals surface area contributed by atoms with Gasteiger partial charge in [0.1, 0.15) is 11.5 Å². The summed E-state index contributed by atoms with van der Waals surface area (Å²) in [5.74, 6) is 1.10. The van der Waals surface area contributed by atoms with Gasteiger partial charge in [-0.15, -0.1) is 0 Å². The van der Waals surface area contributed by atoms with Gasteiger partial charge < -0.3 is 10.5 Å². The zero-order valence-corrected chi connectivity index (χ0v) is 14.5. The second-order valence-corrected chi connectivity index (χ2v) is 6.37. The Morgan fingerprint density at radius 1 is 1.24 bits per heavy atom. The number of hydrogen-bond donors (Lipinski definition) is 1. The Balaban J connectivity index is 2.20. The fraction of sp³-hybridized carbons (Fsp3) is 0.267. The van der Waals surface area contributed by atoms with Gasteiger partial charge in [0.2, 0.25) is 0 Å². The average Bonchev–Trinajstić information content (AvgIpc) is 2.45. The summed E-state index contributed by atoms with van der Waals surface area (Å²) in [6, 6.07) is 5.39. The summed E-state index contributed by atoms with van der Waals surface area (Å²) >= 11 is 15.5. The summed E-state index contributed by atoms with van der Waals surface area (Å²) in [5.41, 5.74) is 6.98. The van der Waals surface area contributed by atoms with Crippen molar-refractivity contribution < 1.29 is 4.74 Å². The Bertz CT molecular complexity index is 637. The Labute approximate surface area is 142 Å². The molecule has 1 aromatic carbocycles. The van der Waals surface area contributed by atoms with Crippen molar-refractivity contribution in [1.82, 2.24) is 4.98 Å². The normalized spacial score (nSPS) is 12.2. The molecule has 0 aliphatic heterocycles. The van der Waals surface area contributed by atoms with Gasteiger partial charge in [0, 0.05) is 22.8 Å². The SMILES string of the molecule is CCC(N)Cc1cncc(Oc2cc(Cl)c(Br)cc2Cl)c1. The van der Waals surface area contributed by atoms with E-state index in [1.807, 2.05) is 6.07 Å². The lowest BCUT2D eigenvalue weighted by molar-refractivity contribution is 0.479. The summed E-state index contributed by atoms with van der Waals surface area (Å²) in [5, 5.41) is 1.01. The summed E-state index contributed by atoms with van der Waals surface area (Å²) in [6.07, 6.45) is 5.10. The maximum Gasteiger partial charge on any atom is 0.147 e. The molecule has 0 saturated heterocycles. The molecule has 1 heterocycles. The zero-order chi connectivity index (χ0) is 15.4. The van der Waals surface area contributed by atoms with E-state index in [2.05, 4.69) is 27.8 Å². The van der Waals surface area contributed by atoms with E-state index >= 15 is 0 Å². The van der Waals surface area contributed by atoms with E-state index in [1.54, 1.807) is 24.5 Å². The lowest BCUT2D eigenvalue weighted by atomic mass is 10.1. The fourth-order valence-electron chi connectivity index (χ4n) is 1.79. The van der Waals surface area contributed by atoms with Crippen LogP contribution in [0.1, 0.15) is 18.9 Å². The molecule has 0 aliphatic carbocycles. The number of pyridine rings is 1.